The molecule has 0 aliphatic carbocycles. The average molecular weight is 344 g/mol. The predicted octanol–water partition coefficient (Wildman–Crippen LogP) is 1.06. The van der Waals surface area contributed by atoms with Gasteiger partial charge in [0.05, 0.1) is 6.61 Å². The van der Waals surface area contributed by atoms with Gasteiger partial charge in [0.25, 0.3) is 5.91 Å². The standard InChI is InChI=1S/C14H20N2O4S2/c17-14(11-4-8-21-10-11)15-12-1-5-16(6-2-12)22(18,19)13-3-7-20-9-13/h4,8,10,12-13H,1-3,5-7,9H2,(H,15,17)/t13-/m0/s1. The third-order valence-corrected chi connectivity index (χ3v) is 7.22. The number of thiophene rings is 1. The molecule has 1 aromatic rings. The Balaban J connectivity index is 1.53. The summed E-state index contributed by atoms with van der Waals surface area (Å²) in [7, 11) is -3.26. The van der Waals surface area contributed by atoms with Crippen LogP contribution in [0.15, 0.2) is 16.8 Å². The van der Waals surface area contributed by atoms with Crippen molar-refractivity contribution in [3.05, 3.63) is 22.4 Å². The van der Waals surface area contributed by atoms with Crippen LogP contribution in [0.1, 0.15) is 29.6 Å². The fourth-order valence-corrected chi connectivity index (χ4v) is 5.32. The summed E-state index contributed by atoms with van der Waals surface area (Å²) in [4.78, 5) is 12.0. The SMILES string of the molecule is O=C(NC1CCN(S(=O)(=O)[C@H]2CCOC2)CC1)c1ccsc1. The minimum Gasteiger partial charge on any atom is -0.380 e. The van der Waals surface area contributed by atoms with Crippen molar-refractivity contribution in [1.29, 1.82) is 0 Å². The summed E-state index contributed by atoms with van der Waals surface area (Å²) < 4.78 is 31.7. The van der Waals surface area contributed by atoms with E-state index in [1.807, 2.05) is 10.8 Å². The molecule has 122 valence electrons. The molecule has 2 aliphatic heterocycles. The summed E-state index contributed by atoms with van der Waals surface area (Å²) in [6.45, 7) is 1.76. The summed E-state index contributed by atoms with van der Waals surface area (Å²) in [6.07, 6.45) is 1.89. The quantitative estimate of drug-likeness (QED) is 0.886. The van der Waals surface area contributed by atoms with Crippen molar-refractivity contribution in [2.75, 3.05) is 26.3 Å². The molecule has 22 heavy (non-hydrogen) atoms. The number of sulfonamides is 1. The largest absolute Gasteiger partial charge is 0.380 e. The average Bonchev–Trinajstić information content (AvgIpc) is 3.21. The lowest BCUT2D eigenvalue weighted by Gasteiger charge is -2.33. The van der Waals surface area contributed by atoms with E-state index in [1.54, 1.807) is 10.4 Å². The Morgan fingerprint density at radius 3 is 2.68 bits per heavy atom. The van der Waals surface area contributed by atoms with E-state index >= 15 is 0 Å². The number of carbonyl (C=O) groups is 1. The number of hydrogen-bond acceptors (Lipinski definition) is 5. The van der Waals surface area contributed by atoms with Crippen molar-refractivity contribution in [3.8, 4) is 0 Å². The van der Waals surface area contributed by atoms with Gasteiger partial charge in [-0.25, -0.2) is 12.7 Å². The number of nitrogens with zero attached hydrogens (tertiary/aromatic N) is 1. The number of rotatable bonds is 4. The molecule has 2 aliphatic rings. The van der Waals surface area contributed by atoms with Gasteiger partial charge < -0.3 is 10.1 Å². The van der Waals surface area contributed by atoms with E-state index in [2.05, 4.69) is 5.32 Å². The van der Waals surface area contributed by atoms with Crippen molar-refractivity contribution in [3.63, 3.8) is 0 Å². The van der Waals surface area contributed by atoms with Crippen LogP contribution < -0.4 is 5.32 Å². The molecule has 3 rings (SSSR count). The van der Waals surface area contributed by atoms with Gasteiger partial charge in [-0.1, -0.05) is 0 Å². The molecule has 1 N–H and O–H groups in total. The van der Waals surface area contributed by atoms with Crippen LogP contribution in [0.4, 0.5) is 0 Å². The second kappa shape index (κ2) is 6.66. The van der Waals surface area contributed by atoms with Crippen molar-refractivity contribution < 1.29 is 17.9 Å². The molecule has 1 atom stereocenters. The Hall–Kier alpha value is -0.960. The highest BCUT2D eigenvalue weighted by Gasteiger charge is 2.36. The first-order valence-electron chi connectivity index (χ1n) is 7.47. The molecular formula is C14H20N2O4S2. The number of hydrogen-bond donors (Lipinski definition) is 1. The summed E-state index contributed by atoms with van der Waals surface area (Å²) >= 11 is 1.49. The van der Waals surface area contributed by atoms with Crippen LogP contribution in [0.2, 0.25) is 0 Å². The number of carbonyl (C=O) groups excluding carboxylic acids is 1. The minimum absolute atomic E-state index is 0.0404. The van der Waals surface area contributed by atoms with Gasteiger partial charge in [-0.3, -0.25) is 4.79 Å². The maximum absolute atomic E-state index is 12.5. The zero-order chi connectivity index (χ0) is 15.6. The summed E-state index contributed by atoms with van der Waals surface area (Å²) in [6, 6.07) is 1.83. The van der Waals surface area contributed by atoms with Gasteiger partial charge in [-0.2, -0.15) is 11.3 Å². The van der Waals surface area contributed by atoms with Gasteiger partial charge in [0.1, 0.15) is 5.25 Å². The molecule has 1 amide bonds. The highest BCUT2D eigenvalue weighted by atomic mass is 32.2. The molecular weight excluding hydrogens is 324 g/mol. The minimum atomic E-state index is -3.26. The van der Waals surface area contributed by atoms with Crippen molar-refractivity contribution in [1.82, 2.24) is 9.62 Å². The smallest absolute Gasteiger partial charge is 0.252 e. The second-order valence-electron chi connectivity index (χ2n) is 5.69. The Morgan fingerprint density at radius 2 is 2.09 bits per heavy atom. The molecule has 8 heteroatoms. The maximum atomic E-state index is 12.5. The van der Waals surface area contributed by atoms with E-state index in [4.69, 9.17) is 4.74 Å². The first-order valence-corrected chi connectivity index (χ1v) is 9.92. The lowest BCUT2D eigenvalue weighted by Crippen LogP contribution is -2.48. The number of nitrogens with one attached hydrogen (secondary N) is 1. The van der Waals surface area contributed by atoms with E-state index in [9.17, 15) is 13.2 Å². The molecule has 0 saturated carbocycles. The number of amides is 1. The van der Waals surface area contributed by atoms with Crippen molar-refractivity contribution in [2.24, 2.45) is 0 Å². The first kappa shape index (κ1) is 15.9. The summed E-state index contributed by atoms with van der Waals surface area (Å²) in [5.41, 5.74) is 0.670. The highest BCUT2D eigenvalue weighted by molar-refractivity contribution is 7.89. The molecule has 1 aromatic heterocycles. The third-order valence-electron chi connectivity index (χ3n) is 4.24. The predicted molar refractivity (Wildman–Crippen MR) is 84.5 cm³/mol. The van der Waals surface area contributed by atoms with Crippen LogP contribution in [-0.4, -0.2) is 56.2 Å². The van der Waals surface area contributed by atoms with Crippen LogP contribution in [-0.2, 0) is 14.8 Å². The normalized spacial score (nSPS) is 24.5. The van der Waals surface area contributed by atoms with Crippen LogP contribution in [0.25, 0.3) is 0 Å². The maximum Gasteiger partial charge on any atom is 0.252 e. The topological polar surface area (TPSA) is 75.7 Å². The van der Waals surface area contributed by atoms with E-state index in [0.29, 0.717) is 51.1 Å². The lowest BCUT2D eigenvalue weighted by molar-refractivity contribution is 0.0924. The molecule has 0 bridgehead atoms. The first-order chi connectivity index (χ1) is 10.6. The highest BCUT2D eigenvalue weighted by Crippen LogP contribution is 2.22. The Kier molecular flexibility index (Phi) is 4.82. The van der Waals surface area contributed by atoms with Gasteiger partial charge in [-0.05, 0) is 30.7 Å². The molecule has 6 nitrogen and oxygen atoms in total. The summed E-state index contributed by atoms with van der Waals surface area (Å²) in [5.74, 6) is -0.0771. The fourth-order valence-electron chi connectivity index (χ4n) is 2.88. The molecule has 2 saturated heterocycles. The Labute approximate surface area is 134 Å². The van der Waals surface area contributed by atoms with E-state index in [-0.39, 0.29) is 11.9 Å². The molecule has 0 radical (unpaired) electrons. The van der Waals surface area contributed by atoms with Gasteiger partial charge in [0.2, 0.25) is 10.0 Å². The molecule has 0 unspecified atom stereocenters. The van der Waals surface area contributed by atoms with E-state index in [1.165, 1.54) is 11.3 Å². The van der Waals surface area contributed by atoms with Crippen LogP contribution in [0, 0.1) is 0 Å². The van der Waals surface area contributed by atoms with E-state index < -0.39 is 15.3 Å². The monoisotopic (exact) mass is 344 g/mol. The van der Waals surface area contributed by atoms with Gasteiger partial charge in [-0.15, -0.1) is 0 Å². The van der Waals surface area contributed by atoms with Gasteiger partial charge in [0.15, 0.2) is 0 Å². The van der Waals surface area contributed by atoms with Crippen LogP contribution >= 0.6 is 11.3 Å². The fraction of sp³-hybridized carbons (Fsp3) is 0.643. The molecule has 0 aromatic carbocycles. The van der Waals surface area contributed by atoms with Crippen LogP contribution in [0.5, 0.6) is 0 Å². The molecule has 2 fully saturated rings. The third kappa shape index (κ3) is 3.34. The lowest BCUT2D eigenvalue weighted by atomic mass is 10.1. The Bertz CT molecular complexity index is 601. The number of ether oxygens (including phenoxy) is 1. The summed E-state index contributed by atoms with van der Waals surface area (Å²) in [5, 5.41) is 6.27. The van der Waals surface area contributed by atoms with Crippen LogP contribution in [0.3, 0.4) is 0 Å². The second-order valence-corrected chi connectivity index (χ2v) is 8.68. The Morgan fingerprint density at radius 1 is 1.32 bits per heavy atom. The van der Waals surface area contributed by atoms with E-state index in [0.717, 1.165) is 0 Å². The number of piperidine rings is 1. The molecule has 0 spiro atoms. The van der Waals surface area contributed by atoms with Crippen molar-refractivity contribution in [2.45, 2.75) is 30.6 Å². The zero-order valence-corrected chi connectivity index (χ0v) is 13.9. The van der Waals surface area contributed by atoms with Crippen molar-refractivity contribution >= 4 is 27.3 Å². The molecule has 3 heterocycles. The van der Waals surface area contributed by atoms with Gasteiger partial charge >= 0.3 is 0 Å². The zero-order valence-electron chi connectivity index (χ0n) is 12.2. The van der Waals surface area contributed by atoms with Gasteiger partial charge in [0, 0.05) is 36.7 Å².